The minimum atomic E-state index is -0.159. The zero-order valence-corrected chi connectivity index (χ0v) is 9.39. The molecule has 1 heterocycles. The van der Waals surface area contributed by atoms with Crippen molar-refractivity contribution in [3.63, 3.8) is 0 Å². The summed E-state index contributed by atoms with van der Waals surface area (Å²) in [6.45, 7) is 2.45. The third-order valence-corrected chi connectivity index (χ3v) is 2.78. The fourth-order valence-electron chi connectivity index (χ4n) is 1.95. The Hall–Kier alpha value is -1.35. The van der Waals surface area contributed by atoms with Crippen LogP contribution < -0.4 is 4.74 Å². The number of nitrogens with zero attached hydrogens (tertiary/aromatic N) is 1. The van der Waals surface area contributed by atoms with Gasteiger partial charge in [0.05, 0.1) is 6.54 Å². The molecule has 0 atom stereocenters. The summed E-state index contributed by atoms with van der Waals surface area (Å²) in [4.78, 5) is 13.8. The van der Waals surface area contributed by atoms with E-state index in [-0.39, 0.29) is 5.97 Å². The molecule has 0 bridgehead atoms. The van der Waals surface area contributed by atoms with Gasteiger partial charge < -0.3 is 4.74 Å². The number of hydrogen-bond donors (Lipinski definition) is 0. The van der Waals surface area contributed by atoms with Gasteiger partial charge in [-0.1, -0.05) is 24.6 Å². The van der Waals surface area contributed by atoms with E-state index in [2.05, 4.69) is 4.90 Å². The number of likely N-dealkylation sites (tertiary alicyclic amines) is 1. The van der Waals surface area contributed by atoms with Crippen molar-refractivity contribution in [2.24, 2.45) is 0 Å². The van der Waals surface area contributed by atoms with Gasteiger partial charge in [0.25, 0.3) is 0 Å². The van der Waals surface area contributed by atoms with Gasteiger partial charge in [-0.05, 0) is 38.1 Å². The van der Waals surface area contributed by atoms with Crippen LogP contribution in [0.25, 0.3) is 0 Å². The summed E-state index contributed by atoms with van der Waals surface area (Å²) in [5, 5.41) is 0. The Morgan fingerprint density at radius 2 is 1.81 bits per heavy atom. The Labute approximate surface area is 96.0 Å². The molecule has 0 aliphatic carbocycles. The van der Waals surface area contributed by atoms with Crippen LogP contribution in [-0.4, -0.2) is 30.5 Å². The fourth-order valence-corrected chi connectivity index (χ4v) is 1.95. The number of carbonyl (C=O) groups excluding carboxylic acids is 1. The smallest absolute Gasteiger partial charge is 0.325 e. The number of carbonyl (C=O) groups is 1. The van der Waals surface area contributed by atoms with Gasteiger partial charge in [0.15, 0.2) is 0 Å². The highest BCUT2D eigenvalue weighted by Gasteiger charge is 2.14. The maximum Gasteiger partial charge on any atom is 0.325 e. The van der Waals surface area contributed by atoms with Crippen molar-refractivity contribution in [1.29, 1.82) is 0 Å². The predicted octanol–water partition coefficient (Wildman–Crippen LogP) is 2.08. The van der Waals surface area contributed by atoms with Crippen LogP contribution in [0.2, 0.25) is 0 Å². The average molecular weight is 219 g/mol. The van der Waals surface area contributed by atoms with Crippen LogP contribution in [0.5, 0.6) is 5.75 Å². The van der Waals surface area contributed by atoms with Gasteiger partial charge in [-0.25, -0.2) is 0 Å². The van der Waals surface area contributed by atoms with Crippen molar-refractivity contribution < 1.29 is 9.53 Å². The van der Waals surface area contributed by atoms with Crippen molar-refractivity contribution in [3.05, 3.63) is 30.3 Å². The second-order valence-electron chi connectivity index (χ2n) is 4.12. The van der Waals surface area contributed by atoms with Crippen molar-refractivity contribution in [1.82, 2.24) is 4.90 Å². The summed E-state index contributed by atoms with van der Waals surface area (Å²) in [6.07, 6.45) is 3.67. The van der Waals surface area contributed by atoms with Crippen LogP contribution in [0, 0.1) is 0 Å². The van der Waals surface area contributed by atoms with E-state index in [0.717, 1.165) is 13.1 Å². The second-order valence-corrected chi connectivity index (χ2v) is 4.12. The molecule has 0 aromatic heterocycles. The summed E-state index contributed by atoms with van der Waals surface area (Å²) in [5.41, 5.74) is 0. The van der Waals surface area contributed by atoms with Crippen LogP contribution in [0.3, 0.4) is 0 Å². The number of ether oxygens (including phenoxy) is 1. The van der Waals surface area contributed by atoms with E-state index in [4.69, 9.17) is 4.74 Å². The molecule has 0 N–H and O–H groups in total. The molecule has 3 heteroatoms. The monoisotopic (exact) mass is 219 g/mol. The average Bonchev–Trinajstić information content (AvgIpc) is 2.31. The first-order valence-corrected chi connectivity index (χ1v) is 5.83. The lowest BCUT2D eigenvalue weighted by atomic mass is 10.1. The molecule has 1 aromatic carbocycles. The zero-order valence-electron chi connectivity index (χ0n) is 9.39. The lowest BCUT2D eigenvalue weighted by Gasteiger charge is -2.25. The number of rotatable bonds is 3. The lowest BCUT2D eigenvalue weighted by Crippen LogP contribution is -2.36. The lowest BCUT2D eigenvalue weighted by molar-refractivity contribution is -0.135. The first-order chi connectivity index (χ1) is 7.84. The zero-order chi connectivity index (χ0) is 11.2. The molecule has 1 aromatic rings. The second kappa shape index (κ2) is 5.66. The van der Waals surface area contributed by atoms with Crippen LogP contribution in [0.4, 0.5) is 0 Å². The van der Waals surface area contributed by atoms with E-state index >= 15 is 0 Å². The van der Waals surface area contributed by atoms with Crippen molar-refractivity contribution in [2.75, 3.05) is 19.6 Å². The highest BCUT2D eigenvalue weighted by molar-refractivity contribution is 5.74. The molecule has 0 amide bonds. The van der Waals surface area contributed by atoms with Gasteiger partial charge in [-0.15, -0.1) is 0 Å². The number of hydrogen-bond acceptors (Lipinski definition) is 3. The standard InChI is InChI=1S/C13H17NO2/c15-13(11-14-9-5-2-6-10-14)16-12-7-3-1-4-8-12/h1,3-4,7-8H,2,5-6,9-11H2. The molecule has 16 heavy (non-hydrogen) atoms. The first-order valence-electron chi connectivity index (χ1n) is 5.83. The van der Waals surface area contributed by atoms with E-state index in [0.29, 0.717) is 12.3 Å². The molecule has 1 aliphatic heterocycles. The minimum absolute atomic E-state index is 0.159. The number of benzene rings is 1. The van der Waals surface area contributed by atoms with E-state index in [1.807, 2.05) is 18.2 Å². The van der Waals surface area contributed by atoms with Crippen LogP contribution >= 0.6 is 0 Å². The fraction of sp³-hybridized carbons (Fsp3) is 0.462. The van der Waals surface area contributed by atoms with Crippen LogP contribution in [0.1, 0.15) is 19.3 Å². The molecular weight excluding hydrogens is 202 g/mol. The van der Waals surface area contributed by atoms with Crippen molar-refractivity contribution >= 4 is 5.97 Å². The molecule has 0 radical (unpaired) electrons. The largest absolute Gasteiger partial charge is 0.426 e. The Morgan fingerprint density at radius 3 is 2.50 bits per heavy atom. The summed E-state index contributed by atoms with van der Waals surface area (Å²) in [5.74, 6) is 0.470. The van der Waals surface area contributed by atoms with Gasteiger partial charge >= 0.3 is 5.97 Å². The van der Waals surface area contributed by atoms with E-state index in [1.54, 1.807) is 12.1 Å². The number of esters is 1. The molecule has 0 saturated carbocycles. The van der Waals surface area contributed by atoms with Crippen molar-refractivity contribution in [2.45, 2.75) is 19.3 Å². The van der Waals surface area contributed by atoms with Gasteiger partial charge in [-0.3, -0.25) is 9.69 Å². The summed E-state index contributed by atoms with van der Waals surface area (Å²) in [6, 6.07) is 9.23. The minimum Gasteiger partial charge on any atom is -0.426 e. The quantitative estimate of drug-likeness (QED) is 0.576. The molecular formula is C13H17NO2. The van der Waals surface area contributed by atoms with Gasteiger partial charge in [0, 0.05) is 0 Å². The van der Waals surface area contributed by atoms with E-state index in [9.17, 15) is 4.79 Å². The predicted molar refractivity (Wildman–Crippen MR) is 62.4 cm³/mol. The normalized spacial score (nSPS) is 17.0. The molecule has 3 nitrogen and oxygen atoms in total. The highest BCUT2D eigenvalue weighted by atomic mass is 16.5. The van der Waals surface area contributed by atoms with Gasteiger partial charge in [-0.2, -0.15) is 0 Å². The third-order valence-electron chi connectivity index (χ3n) is 2.78. The summed E-state index contributed by atoms with van der Waals surface area (Å²) < 4.78 is 5.24. The Morgan fingerprint density at radius 1 is 1.12 bits per heavy atom. The molecule has 1 saturated heterocycles. The summed E-state index contributed by atoms with van der Waals surface area (Å²) >= 11 is 0. The Kier molecular flexibility index (Phi) is 3.94. The van der Waals surface area contributed by atoms with Crippen LogP contribution in [-0.2, 0) is 4.79 Å². The molecule has 0 unspecified atom stereocenters. The van der Waals surface area contributed by atoms with Gasteiger partial charge in [0.2, 0.25) is 0 Å². The van der Waals surface area contributed by atoms with Crippen LogP contribution in [0.15, 0.2) is 30.3 Å². The van der Waals surface area contributed by atoms with E-state index in [1.165, 1.54) is 19.3 Å². The molecule has 1 fully saturated rings. The number of piperidine rings is 1. The summed E-state index contributed by atoms with van der Waals surface area (Å²) in [7, 11) is 0. The van der Waals surface area contributed by atoms with Crippen molar-refractivity contribution in [3.8, 4) is 5.75 Å². The topological polar surface area (TPSA) is 29.5 Å². The maximum atomic E-state index is 11.6. The molecule has 0 spiro atoms. The molecule has 86 valence electrons. The third kappa shape index (κ3) is 3.35. The molecule has 2 rings (SSSR count). The molecule has 1 aliphatic rings. The first kappa shape index (κ1) is 11.1. The maximum absolute atomic E-state index is 11.6. The van der Waals surface area contributed by atoms with E-state index < -0.39 is 0 Å². The van der Waals surface area contributed by atoms with Gasteiger partial charge in [0.1, 0.15) is 5.75 Å². The highest BCUT2D eigenvalue weighted by Crippen LogP contribution is 2.11. The Balaban J connectivity index is 1.80. The Bertz CT molecular complexity index is 331. The SMILES string of the molecule is O=C(CN1CCCCC1)Oc1ccccc1. The number of para-hydroxylation sites is 1.